The molecule has 0 aliphatic carbocycles. The first kappa shape index (κ1) is 16.4. The smallest absolute Gasteiger partial charge is 0.226 e. The maximum atomic E-state index is 14.1. The van der Waals surface area contributed by atoms with Crippen LogP contribution >= 0.6 is 0 Å². The number of halogens is 1. The molecule has 1 aromatic carbocycles. The summed E-state index contributed by atoms with van der Waals surface area (Å²) in [5, 5.41) is 0. The van der Waals surface area contributed by atoms with Gasteiger partial charge in [0.2, 0.25) is 5.91 Å². The van der Waals surface area contributed by atoms with Gasteiger partial charge in [-0.25, -0.2) is 12.8 Å². The van der Waals surface area contributed by atoms with Crippen molar-refractivity contribution in [3.63, 3.8) is 0 Å². The molecule has 2 saturated heterocycles. The highest BCUT2D eigenvalue weighted by atomic mass is 32.2. The number of amides is 1. The molecule has 1 amide bonds. The molecule has 23 heavy (non-hydrogen) atoms. The van der Waals surface area contributed by atoms with Gasteiger partial charge in [-0.15, -0.1) is 0 Å². The van der Waals surface area contributed by atoms with Crippen LogP contribution in [0.5, 0.6) is 0 Å². The quantitative estimate of drug-likeness (QED) is 0.832. The lowest BCUT2D eigenvalue weighted by Gasteiger charge is -2.39. The van der Waals surface area contributed by atoms with Crippen molar-refractivity contribution >= 4 is 15.7 Å². The number of likely N-dealkylation sites (tertiary alicyclic amines) is 1. The van der Waals surface area contributed by atoms with Crippen molar-refractivity contribution in [3.05, 3.63) is 35.6 Å². The highest BCUT2D eigenvalue weighted by Gasteiger charge is 2.36. The van der Waals surface area contributed by atoms with Crippen LogP contribution in [-0.4, -0.2) is 37.3 Å². The van der Waals surface area contributed by atoms with Gasteiger partial charge in [0.25, 0.3) is 0 Å². The zero-order valence-corrected chi connectivity index (χ0v) is 13.9. The van der Waals surface area contributed by atoms with E-state index >= 15 is 0 Å². The van der Waals surface area contributed by atoms with Gasteiger partial charge in [0.05, 0.1) is 17.5 Å². The fraction of sp³-hybridized carbons (Fsp3) is 0.588. The van der Waals surface area contributed by atoms with Gasteiger partial charge in [-0.1, -0.05) is 18.2 Å². The lowest BCUT2D eigenvalue weighted by molar-refractivity contribution is -0.139. The molecule has 0 spiro atoms. The topological polar surface area (TPSA) is 54.5 Å². The second-order valence-corrected chi connectivity index (χ2v) is 8.79. The van der Waals surface area contributed by atoms with Crippen LogP contribution in [0.1, 0.15) is 43.7 Å². The minimum Gasteiger partial charge on any atom is -0.335 e. The Labute approximate surface area is 136 Å². The summed E-state index contributed by atoms with van der Waals surface area (Å²) in [5.41, 5.74) is 0.573. The van der Waals surface area contributed by atoms with Crippen LogP contribution in [0.3, 0.4) is 0 Å². The van der Waals surface area contributed by atoms with E-state index in [4.69, 9.17) is 0 Å². The van der Waals surface area contributed by atoms with Crippen molar-refractivity contribution in [2.45, 2.75) is 38.1 Å². The minimum absolute atomic E-state index is 0.00662. The molecule has 2 aliphatic rings. The van der Waals surface area contributed by atoms with Crippen molar-refractivity contribution in [1.82, 2.24) is 4.90 Å². The molecule has 0 radical (unpaired) electrons. The summed E-state index contributed by atoms with van der Waals surface area (Å²) in [6, 6.07) is 6.40. The lowest BCUT2D eigenvalue weighted by atomic mass is 9.92. The first-order chi connectivity index (χ1) is 11.0. The number of benzene rings is 1. The van der Waals surface area contributed by atoms with E-state index in [0.29, 0.717) is 24.9 Å². The average molecular weight is 339 g/mol. The number of nitrogens with zero attached hydrogens (tertiary/aromatic N) is 1. The van der Waals surface area contributed by atoms with Crippen molar-refractivity contribution in [1.29, 1.82) is 0 Å². The number of rotatable bonds is 2. The predicted octanol–water partition coefficient (Wildman–Crippen LogP) is 2.70. The van der Waals surface area contributed by atoms with Gasteiger partial charge in [-0.3, -0.25) is 4.79 Å². The summed E-state index contributed by atoms with van der Waals surface area (Å²) < 4.78 is 37.2. The van der Waals surface area contributed by atoms with Gasteiger partial charge in [0, 0.05) is 18.0 Å². The molecular formula is C17H22FNO3S. The number of sulfone groups is 1. The third-order valence-electron chi connectivity index (χ3n) is 4.95. The van der Waals surface area contributed by atoms with E-state index < -0.39 is 9.84 Å². The molecule has 126 valence electrons. The molecule has 0 aromatic heterocycles. The number of piperidine rings is 1. The third kappa shape index (κ3) is 3.57. The molecular weight excluding hydrogens is 317 g/mol. The molecule has 1 unspecified atom stereocenters. The van der Waals surface area contributed by atoms with Crippen LogP contribution < -0.4 is 0 Å². The maximum Gasteiger partial charge on any atom is 0.226 e. The van der Waals surface area contributed by atoms with E-state index in [1.165, 1.54) is 6.07 Å². The molecule has 3 rings (SSSR count). The van der Waals surface area contributed by atoms with E-state index in [1.54, 1.807) is 23.1 Å². The minimum atomic E-state index is -2.98. The Hall–Kier alpha value is -1.43. The van der Waals surface area contributed by atoms with Crippen molar-refractivity contribution < 1.29 is 17.6 Å². The molecule has 4 nitrogen and oxygen atoms in total. The van der Waals surface area contributed by atoms with Gasteiger partial charge in [0.15, 0.2) is 0 Å². The van der Waals surface area contributed by atoms with E-state index in [-0.39, 0.29) is 35.2 Å². The Morgan fingerprint density at radius 2 is 1.78 bits per heavy atom. The predicted molar refractivity (Wildman–Crippen MR) is 86.1 cm³/mol. The SMILES string of the molecule is O=C(C1CCS(=O)(=O)CC1)N1CCCCC1c1ccccc1F. The van der Waals surface area contributed by atoms with Crippen molar-refractivity contribution in [2.24, 2.45) is 5.92 Å². The summed E-state index contributed by atoms with van der Waals surface area (Å²) in [5.74, 6) is -0.356. The average Bonchev–Trinajstić information content (AvgIpc) is 2.55. The Bertz CT molecular complexity index is 675. The van der Waals surface area contributed by atoms with Crippen molar-refractivity contribution in [2.75, 3.05) is 18.1 Å². The van der Waals surface area contributed by atoms with Gasteiger partial charge in [-0.05, 0) is 38.2 Å². The first-order valence-electron chi connectivity index (χ1n) is 8.23. The van der Waals surface area contributed by atoms with Crippen LogP contribution in [0.25, 0.3) is 0 Å². The summed E-state index contributed by atoms with van der Waals surface area (Å²) in [4.78, 5) is 14.7. The lowest BCUT2D eigenvalue weighted by Crippen LogP contribution is -2.44. The molecule has 0 bridgehead atoms. The van der Waals surface area contributed by atoms with Gasteiger partial charge in [-0.2, -0.15) is 0 Å². The zero-order chi connectivity index (χ0) is 16.4. The van der Waals surface area contributed by atoms with E-state index in [9.17, 15) is 17.6 Å². The fourth-order valence-electron chi connectivity index (χ4n) is 3.64. The number of carbonyl (C=O) groups excluding carboxylic acids is 1. The monoisotopic (exact) mass is 339 g/mol. The van der Waals surface area contributed by atoms with E-state index in [1.807, 2.05) is 0 Å². The van der Waals surface area contributed by atoms with Gasteiger partial charge < -0.3 is 4.90 Å². The highest BCUT2D eigenvalue weighted by Crippen LogP contribution is 2.34. The van der Waals surface area contributed by atoms with Crippen molar-refractivity contribution in [3.8, 4) is 0 Å². The number of hydrogen-bond acceptors (Lipinski definition) is 3. The molecule has 2 aliphatic heterocycles. The summed E-state index contributed by atoms with van der Waals surface area (Å²) in [6.45, 7) is 0.626. The van der Waals surface area contributed by atoms with Gasteiger partial charge >= 0.3 is 0 Å². The highest BCUT2D eigenvalue weighted by molar-refractivity contribution is 7.91. The Kier molecular flexibility index (Phi) is 4.71. The largest absolute Gasteiger partial charge is 0.335 e. The first-order valence-corrected chi connectivity index (χ1v) is 10.1. The van der Waals surface area contributed by atoms with Crippen LogP contribution in [0.4, 0.5) is 4.39 Å². The van der Waals surface area contributed by atoms with Crippen LogP contribution in [-0.2, 0) is 14.6 Å². The summed E-state index contributed by atoms with van der Waals surface area (Å²) in [7, 11) is -2.98. The molecule has 6 heteroatoms. The fourth-order valence-corrected chi connectivity index (χ4v) is 5.13. The third-order valence-corrected chi connectivity index (χ3v) is 6.67. The molecule has 2 heterocycles. The molecule has 0 N–H and O–H groups in total. The van der Waals surface area contributed by atoms with Crippen LogP contribution in [0.15, 0.2) is 24.3 Å². The van der Waals surface area contributed by atoms with Crippen LogP contribution in [0, 0.1) is 11.7 Å². The second kappa shape index (κ2) is 6.59. The normalized spacial score (nSPS) is 25.3. The Balaban J connectivity index is 1.79. The van der Waals surface area contributed by atoms with Gasteiger partial charge in [0.1, 0.15) is 15.7 Å². The molecule has 1 aromatic rings. The number of hydrogen-bond donors (Lipinski definition) is 0. The zero-order valence-electron chi connectivity index (χ0n) is 13.1. The maximum absolute atomic E-state index is 14.1. The Morgan fingerprint density at radius 1 is 1.09 bits per heavy atom. The molecule has 1 atom stereocenters. The standard InChI is InChI=1S/C17H22FNO3S/c18-15-6-2-1-5-14(15)16-7-3-4-10-19(16)17(20)13-8-11-23(21,22)12-9-13/h1-2,5-6,13,16H,3-4,7-12H2. The summed E-state index contributed by atoms with van der Waals surface area (Å²) >= 11 is 0. The second-order valence-electron chi connectivity index (χ2n) is 6.49. The van der Waals surface area contributed by atoms with E-state index in [0.717, 1.165) is 19.3 Å². The Morgan fingerprint density at radius 3 is 2.48 bits per heavy atom. The number of carbonyl (C=O) groups is 1. The van der Waals surface area contributed by atoms with E-state index in [2.05, 4.69) is 0 Å². The molecule has 2 fully saturated rings. The molecule has 0 saturated carbocycles. The summed E-state index contributed by atoms with van der Waals surface area (Å²) in [6.07, 6.45) is 3.44. The van der Waals surface area contributed by atoms with Crippen LogP contribution in [0.2, 0.25) is 0 Å².